The fourth-order valence-corrected chi connectivity index (χ4v) is 3.12. The fourth-order valence-electron chi connectivity index (χ4n) is 2.33. The van der Waals surface area contributed by atoms with Gasteiger partial charge in [0.25, 0.3) is 0 Å². The molecule has 110 valence electrons. The monoisotopic (exact) mass is 292 g/mol. The lowest BCUT2D eigenvalue weighted by Gasteiger charge is -2.17. The smallest absolute Gasteiger partial charge is 0.234 e. The van der Waals surface area contributed by atoms with Crippen LogP contribution in [0.4, 0.5) is 11.4 Å². The normalized spacial score (nSPS) is 13.8. The average molecular weight is 292 g/mol. The Morgan fingerprint density at radius 1 is 1.20 bits per heavy atom. The van der Waals surface area contributed by atoms with Crippen LogP contribution in [0.25, 0.3) is 0 Å². The summed E-state index contributed by atoms with van der Waals surface area (Å²) < 4.78 is 0. The third-order valence-electron chi connectivity index (χ3n) is 3.47. The van der Waals surface area contributed by atoms with Crippen molar-refractivity contribution < 1.29 is 4.79 Å². The molecule has 2 rings (SSSR count). The van der Waals surface area contributed by atoms with Gasteiger partial charge in [-0.1, -0.05) is 39.0 Å². The summed E-state index contributed by atoms with van der Waals surface area (Å²) in [4.78, 5) is 12.5. The molecule has 0 atom stereocenters. The highest BCUT2D eigenvalue weighted by Crippen LogP contribution is 2.33. The summed E-state index contributed by atoms with van der Waals surface area (Å²) in [7, 11) is 0. The Bertz CT molecular complexity index is 448. The number of nitrogens with one attached hydrogen (secondary N) is 2. The molecule has 1 amide bonds. The third-order valence-corrected chi connectivity index (χ3v) is 4.55. The molecule has 0 saturated heterocycles. The Balaban J connectivity index is 1.71. The number of anilines is 2. The Labute approximate surface area is 125 Å². The first kappa shape index (κ1) is 15.2. The van der Waals surface area contributed by atoms with Crippen LogP contribution in [-0.2, 0) is 4.79 Å². The van der Waals surface area contributed by atoms with Crippen LogP contribution in [0.3, 0.4) is 0 Å². The summed E-state index contributed by atoms with van der Waals surface area (Å²) in [6, 6.07) is 6.22. The summed E-state index contributed by atoms with van der Waals surface area (Å²) in [6.07, 6.45) is 7.87. The lowest BCUT2D eigenvalue weighted by Crippen LogP contribution is -2.18. The zero-order chi connectivity index (χ0) is 14.2. The summed E-state index contributed by atoms with van der Waals surface area (Å²) in [5, 5.41) is 6.37. The van der Waals surface area contributed by atoms with E-state index >= 15 is 0 Å². The van der Waals surface area contributed by atoms with E-state index in [1.54, 1.807) is 11.8 Å². The van der Waals surface area contributed by atoms with Gasteiger partial charge in [0.2, 0.25) is 5.91 Å². The predicted molar refractivity (Wildman–Crippen MR) is 87.7 cm³/mol. The molecule has 2 N–H and O–H groups in total. The number of amides is 1. The number of hydrogen-bond acceptors (Lipinski definition) is 3. The molecule has 4 heteroatoms. The Morgan fingerprint density at radius 2 is 2.00 bits per heavy atom. The molecular formula is C16H24N2OS. The first-order valence-corrected chi connectivity index (χ1v) is 8.58. The van der Waals surface area contributed by atoms with Crippen LogP contribution in [0, 0.1) is 0 Å². The maximum Gasteiger partial charge on any atom is 0.234 e. The Kier molecular flexibility index (Phi) is 6.25. The lowest BCUT2D eigenvalue weighted by molar-refractivity contribution is -0.113. The van der Waals surface area contributed by atoms with Crippen molar-refractivity contribution in [3.63, 3.8) is 0 Å². The van der Waals surface area contributed by atoms with E-state index in [1.165, 1.54) is 38.5 Å². The van der Waals surface area contributed by atoms with Gasteiger partial charge in [-0.05, 0) is 24.6 Å². The second kappa shape index (κ2) is 8.20. The molecule has 1 heterocycles. The molecular weight excluding hydrogens is 268 g/mol. The molecule has 0 radical (unpaired) electrons. The van der Waals surface area contributed by atoms with Gasteiger partial charge < -0.3 is 10.6 Å². The van der Waals surface area contributed by atoms with E-state index in [4.69, 9.17) is 0 Å². The largest absolute Gasteiger partial charge is 0.385 e. The van der Waals surface area contributed by atoms with Crippen molar-refractivity contribution in [3.05, 3.63) is 18.2 Å². The standard InChI is InChI=1S/C16H24N2OS/c1-2-3-4-5-6-7-10-17-13-8-9-15-14(11-13)18-16(19)12-20-15/h8-9,11,17H,2-7,10,12H2,1H3,(H,18,19). The van der Waals surface area contributed by atoms with Gasteiger partial charge in [-0.25, -0.2) is 0 Å². The minimum Gasteiger partial charge on any atom is -0.385 e. The molecule has 0 saturated carbocycles. The van der Waals surface area contributed by atoms with Crippen molar-refractivity contribution in [1.29, 1.82) is 0 Å². The number of fused-ring (bicyclic) bond motifs is 1. The van der Waals surface area contributed by atoms with E-state index in [9.17, 15) is 4.79 Å². The maximum absolute atomic E-state index is 11.4. The van der Waals surface area contributed by atoms with Crippen LogP contribution in [-0.4, -0.2) is 18.2 Å². The van der Waals surface area contributed by atoms with Crippen LogP contribution in [0.2, 0.25) is 0 Å². The van der Waals surface area contributed by atoms with Crippen molar-refractivity contribution in [3.8, 4) is 0 Å². The van der Waals surface area contributed by atoms with E-state index in [1.807, 2.05) is 6.07 Å². The first-order valence-electron chi connectivity index (χ1n) is 7.60. The fraction of sp³-hybridized carbons (Fsp3) is 0.562. The molecule has 0 aromatic heterocycles. The van der Waals surface area contributed by atoms with Gasteiger partial charge in [-0.3, -0.25) is 4.79 Å². The number of carbonyl (C=O) groups excluding carboxylic acids is 1. The van der Waals surface area contributed by atoms with Crippen LogP contribution in [0.15, 0.2) is 23.1 Å². The summed E-state index contributed by atoms with van der Waals surface area (Å²) in [5.74, 6) is 0.618. The topological polar surface area (TPSA) is 41.1 Å². The number of hydrogen-bond donors (Lipinski definition) is 2. The molecule has 1 aromatic rings. The molecule has 1 aliphatic heterocycles. The molecule has 0 bridgehead atoms. The van der Waals surface area contributed by atoms with Crippen molar-refractivity contribution in [2.24, 2.45) is 0 Å². The van der Waals surface area contributed by atoms with Crippen molar-refractivity contribution in [2.45, 2.75) is 50.3 Å². The average Bonchev–Trinajstić information content (AvgIpc) is 2.46. The second-order valence-electron chi connectivity index (χ2n) is 5.24. The van der Waals surface area contributed by atoms with Crippen molar-refractivity contribution >= 4 is 29.0 Å². The van der Waals surface area contributed by atoms with E-state index in [0.717, 1.165) is 22.8 Å². The first-order chi connectivity index (χ1) is 9.79. The number of benzene rings is 1. The van der Waals surface area contributed by atoms with Gasteiger partial charge in [0.05, 0.1) is 11.4 Å². The van der Waals surface area contributed by atoms with E-state index in [-0.39, 0.29) is 5.91 Å². The van der Waals surface area contributed by atoms with Gasteiger partial charge >= 0.3 is 0 Å². The molecule has 1 aromatic carbocycles. The highest BCUT2D eigenvalue weighted by atomic mass is 32.2. The van der Waals surface area contributed by atoms with E-state index < -0.39 is 0 Å². The molecule has 0 aliphatic carbocycles. The Hall–Kier alpha value is -1.16. The molecule has 3 nitrogen and oxygen atoms in total. The quantitative estimate of drug-likeness (QED) is 0.693. The summed E-state index contributed by atoms with van der Waals surface area (Å²) in [6.45, 7) is 3.25. The highest BCUT2D eigenvalue weighted by molar-refractivity contribution is 8.00. The van der Waals surface area contributed by atoms with Crippen molar-refractivity contribution in [1.82, 2.24) is 0 Å². The van der Waals surface area contributed by atoms with Crippen LogP contribution >= 0.6 is 11.8 Å². The van der Waals surface area contributed by atoms with E-state index in [0.29, 0.717) is 5.75 Å². The zero-order valence-corrected chi connectivity index (χ0v) is 13.0. The number of rotatable bonds is 8. The van der Waals surface area contributed by atoms with Crippen LogP contribution in [0.1, 0.15) is 45.4 Å². The summed E-state index contributed by atoms with van der Waals surface area (Å²) in [5.41, 5.74) is 2.04. The van der Waals surface area contributed by atoms with Crippen LogP contribution in [0.5, 0.6) is 0 Å². The van der Waals surface area contributed by atoms with Gasteiger partial charge in [0, 0.05) is 17.1 Å². The van der Waals surface area contributed by atoms with E-state index in [2.05, 4.69) is 29.7 Å². The minimum atomic E-state index is 0.0931. The number of thioether (sulfide) groups is 1. The second-order valence-corrected chi connectivity index (χ2v) is 6.26. The van der Waals surface area contributed by atoms with Gasteiger partial charge in [-0.2, -0.15) is 0 Å². The zero-order valence-electron chi connectivity index (χ0n) is 12.2. The van der Waals surface area contributed by atoms with Gasteiger partial charge in [-0.15, -0.1) is 11.8 Å². The molecule has 20 heavy (non-hydrogen) atoms. The number of carbonyl (C=O) groups is 1. The molecule has 0 spiro atoms. The molecule has 0 unspecified atom stereocenters. The lowest BCUT2D eigenvalue weighted by atomic mass is 10.1. The van der Waals surface area contributed by atoms with Crippen molar-refractivity contribution in [2.75, 3.05) is 22.9 Å². The van der Waals surface area contributed by atoms with Gasteiger partial charge in [0.15, 0.2) is 0 Å². The predicted octanol–water partition coefficient (Wildman–Crippen LogP) is 4.50. The minimum absolute atomic E-state index is 0.0931. The number of unbranched alkanes of at least 4 members (excludes halogenated alkanes) is 5. The molecule has 1 aliphatic rings. The maximum atomic E-state index is 11.4. The van der Waals surface area contributed by atoms with Gasteiger partial charge in [0.1, 0.15) is 0 Å². The SMILES string of the molecule is CCCCCCCCNc1ccc2c(c1)NC(=O)CS2. The highest BCUT2D eigenvalue weighted by Gasteiger charge is 2.15. The molecule has 0 fully saturated rings. The third kappa shape index (κ3) is 4.75. The Morgan fingerprint density at radius 3 is 2.85 bits per heavy atom. The van der Waals surface area contributed by atoms with Crippen LogP contribution < -0.4 is 10.6 Å². The summed E-state index contributed by atoms with van der Waals surface area (Å²) >= 11 is 1.61.